The van der Waals surface area contributed by atoms with Crippen molar-refractivity contribution in [1.29, 1.82) is 0 Å². The quantitative estimate of drug-likeness (QED) is 0.837. The largest absolute Gasteiger partial charge is 0.415 e. The molecule has 1 aliphatic rings. The van der Waals surface area contributed by atoms with Gasteiger partial charge in [0.15, 0.2) is 0 Å². The van der Waals surface area contributed by atoms with Gasteiger partial charge in [0.1, 0.15) is 5.75 Å². The van der Waals surface area contributed by atoms with E-state index in [0.717, 1.165) is 24.9 Å². The number of carbonyl (C=O) groups excluding carboxylic acids is 2. The van der Waals surface area contributed by atoms with Crippen LogP contribution >= 0.6 is 0 Å². The fraction of sp³-hybridized carbons (Fsp3) is 0.364. The minimum absolute atomic E-state index is 0.157. The zero-order chi connectivity index (χ0) is 19.2. The van der Waals surface area contributed by atoms with Gasteiger partial charge >= 0.3 is 6.09 Å². The molecule has 142 valence electrons. The van der Waals surface area contributed by atoms with Gasteiger partial charge in [0.2, 0.25) is 0 Å². The van der Waals surface area contributed by atoms with Gasteiger partial charge in [-0.2, -0.15) is 0 Å². The molecule has 5 heteroatoms. The first kappa shape index (κ1) is 19.0. The molecule has 2 aromatic carbocycles. The molecule has 2 amide bonds. The molecule has 0 heterocycles. The van der Waals surface area contributed by atoms with E-state index in [1.54, 1.807) is 29.2 Å². The summed E-state index contributed by atoms with van der Waals surface area (Å²) in [5.74, 6) is 0.274. The summed E-state index contributed by atoms with van der Waals surface area (Å²) in [5, 5.41) is 3.03. The lowest BCUT2D eigenvalue weighted by Gasteiger charge is -2.19. The normalized spacial score (nSPS) is 12.8. The van der Waals surface area contributed by atoms with Crippen LogP contribution in [0.15, 0.2) is 42.5 Å². The Morgan fingerprint density at radius 1 is 1.00 bits per heavy atom. The fourth-order valence-corrected chi connectivity index (χ4v) is 3.41. The van der Waals surface area contributed by atoms with Crippen molar-refractivity contribution in [3.63, 3.8) is 0 Å². The average molecular weight is 366 g/mol. The molecule has 0 spiro atoms. The third kappa shape index (κ3) is 4.48. The van der Waals surface area contributed by atoms with E-state index in [4.69, 9.17) is 4.74 Å². The lowest BCUT2D eigenvalue weighted by atomic mass is 9.90. The highest BCUT2D eigenvalue weighted by Gasteiger charge is 2.16. The van der Waals surface area contributed by atoms with Crippen LogP contribution in [0.1, 0.15) is 48.2 Å². The van der Waals surface area contributed by atoms with E-state index >= 15 is 0 Å². The van der Waals surface area contributed by atoms with Crippen molar-refractivity contribution in [3.8, 4) is 5.75 Å². The van der Waals surface area contributed by atoms with Gasteiger partial charge in [-0.3, -0.25) is 4.79 Å². The van der Waals surface area contributed by atoms with Gasteiger partial charge in [-0.1, -0.05) is 12.1 Å². The second kappa shape index (κ2) is 8.71. The topological polar surface area (TPSA) is 58.6 Å². The number of rotatable bonds is 5. The molecule has 27 heavy (non-hydrogen) atoms. The van der Waals surface area contributed by atoms with Crippen molar-refractivity contribution in [1.82, 2.24) is 4.90 Å². The number of nitrogens with one attached hydrogen (secondary N) is 1. The number of hydrogen-bond acceptors (Lipinski definition) is 3. The monoisotopic (exact) mass is 366 g/mol. The standard InChI is InChI=1S/C22H26N2O3/c1-3-24(4-2)22(26)27-18-14-12-17(13-15-18)21(25)23-20-11-7-9-16-8-5-6-10-19(16)20/h7,9,11-15H,3-6,8,10H2,1-2H3,(H,23,25). The lowest BCUT2D eigenvalue weighted by molar-refractivity contribution is 0.102. The average Bonchev–Trinajstić information content (AvgIpc) is 2.70. The molecule has 0 saturated carbocycles. The van der Waals surface area contributed by atoms with Crippen LogP contribution in [0.4, 0.5) is 10.5 Å². The van der Waals surface area contributed by atoms with Crippen molar-refractivity contribution in [2.24, 2.45) is 0 Å². The summed E-state index contributed by atoms with van der Waals surface area (Å²) >= 11 is 0. The predicted octanol–water partition coefficient (Wildman–Crippen LogP) is 4.66. The van der Waals surface area contributed by atoms with Crippen molar-refractivity contribution >= 4 is 17.7 Å². The molecule has 5 nitrogen and oxygen atoms in total. The van der Waals surface area contributed by atoms with Crippen LogP contribution in [0.5, 0.6) is 5.75 Å². The first-order valence-corrected chi connectivity index (χ1v) is 9.61. The summed E-state index contributed by atoms with van der Waals surface area (Å²) < 4.78 is 5.34. The number of anilines is 1. The Kier molecular flexibility index (Phi) is 6.12. The van der Waals surface area contributed by atoms with Crippen LogP contribution in [0.25, 0.3) is 0 Å². The van der Waals surface area contributed by atoms with Gasteiger partial charge in [0.05, 0.1) is 0 Å². The number of benzene rings is 2. The molecule has 0 atom stereocenters. The van der Waals surface area contributed by atoms with Crippen molar-refractivity contribution in [2.45, 2.75) is 39.5 Å². The number of aryl methyl sites for hydroxylation is 1. The Morgan fingerprint density at radius 2 is 1.70 bits per heavy atom. The molecule has 1 N–H and O–H groups in total. The molecule has 0 radical (unpaired) electrons. The maximum absolute atomic E-state index is 12.6. The van der Waals surface area contributed by atoms with Crippen molar-refractivity contribution < 1.29 is 14.3 Å². The van der Waals surface area contributed by atoms with E-state index in [1.807, 2.05) is 26.0 Å². The Hall–Kier alpha value is -2.82. The van der Waals surface area contributed by atoms with Gasteiger partial charge in [-0.25, -0.2) is 4.79 Å². The Morgan fingerprint density at radius 3 is 2.41 bits per heavy atom. The van der Waals surface area contributed by atoms with E-state index in [1.165, 1.54) is 17.5 Å². The van der Waals surface area contributed by atoms with E-state index in [9.17, 15) is 9.59 Å². The van der Waals surface area contributed by atoms with Crippen LogP contribution in [0.3, 0.4) is 0 Å². The predicted molar refractivity (Wildman–Crippen MR) is 106 cm³/mol. The summed E-state index contributed by atoms with van der Waals surface area (Å²) in [4.78, 5) is 26.2. The number of amides is 2. The SMILES string of the molecule is CCN(CC)C(=O)Oc1ccc(C(=O)Nc2cccc3c2CCCC3)cc1. The van der Waals surface area contributed by atoms with Gasteiger partial charge in [-0.15, -0.1) is 0 Å². The summed E-state index contributed by atoms with van der Waals surface area (Å²) in [5.41, 5.74) is 4.01. The number of ether oxygens (including phenoxy) is 1. The van der Waals surface area contributed by atoms with E-state index < -0.39 is 0 Å². The van der Waals surface area contributed by atoms with Crippen LogP contribution in [0.2, 0.25) is 0 Å². The van der Waals surface area contributed by atoms with Gasteiger partial charge < -0.3 is 15.0 Å². The third-order valence-electron chi connectivity index (χ3n) is 4.99. The highest BCUT2D eigenvalue weighted by molar-refractivity contribution is 6.04. The molecule has 0 unspecified atom stereocenters. The summed E-state index contributed by atoms with van der Waals surface area (Å²) in [6.45, 7) is 5.00. The van der Waals surface area contributed by atoms with Gasteiger partial charge in [0.25, 0.3) is 5.91 Å². The zero-order valence-corrected chi connectivity index (χ0v) is 16.0. The van der Waals surface area contributed by atoms with Crippen LogP contribution in [-0.4, -0.2) is 30.0 Å². The summed E-state index contributed by atoms with van der Waals surface area (Å²) in [6.07, 6.45) is 4.07. The number of carbonyl (C=O) groups is 2. The van der Waals surface area contributed by atoms with Crippen LogP contribution < -0.4 is 10.1 Å². The minimum Gasteiger partial charge on any atom is -0.410 e. The summed E-state index contributed by atoms with van der Waals surface area (Å²) in [6, 6.07) is 12.7. The summed E-state index contributed by atoms with van der Waals surface area (Å²) in [7, 11) is 0. The van der Waals surface area contributed by atoms with E-state index in [-0.39, 0.29) is 12.0 Å². The number of fused-ring (bicyclic) bond motifs is 1. The van der Waals surface area contributed by atoms with Gasteiger partial charge in [-0.05, 0) is 81.0 Å². The zero-order valence-electron chi connectivity index (χ0n) is 16.0. The Bertz CT molecular complexity index is 811. The molecular formula is C22H26N2O3. The van der Waals surface area contributed by atoms with Crippen LogP contribution in [-0.2, 0) is 12.8 Å². The van der Waals surface area contributed by atoms with Gasteiger partial charge in [0, 0.05) is 24.3 Å². The first-order chi connectivity index (χ1) is 13.1. The molecular weight excluding hydrogens is 340 g/mol. The lowest BCUT2D eigenvalue weighted by Crippen LogP contribution is -2.33. The highest BCUT2D eigenvalue weighted by atomic mass is 16.6. The first-order valence-electron chi connectivity index (χ1n) is 9.61. The molecule has 0 aliphatic heterocycles. The maximum atomic E-state index is 12.6. The Labute approximate surface area is 160 Å². The highest BCUT2D eigenvalue weighted by Crippen LogP contribution is 2.28. The second-order valence-corrected chi connectivity index (χ2v) is 6.67. The van der Waals surface area contributed by atoms with E-state index in [2.05, 4.69) is 11.4 Å². The fourth-order valence-electron chi connectivity index (χ4n) is 3.41. The number of nitrogens with zero attached hydrogens (tertiary/aromatic N) is 1. The minimum atomic E-state index is -0.381. The molecule has 0 fully saturated rings. The Balaban J connectivity index is 1.67. The molecule has 0 aromatic heterocycles. The second-order valence-electron chi connectivity index (χ2n) is 6.67. The molecule has 3 rings (SSSR count). The van der Waals surface area contributed by atoms with Crippen molar-refractivity contribution in [2.75, 3.05) is 18.4 Å². The maximum Gasteiger partial charge on any atom is 0.415 e. The smallest absolute Gasteiger partial charge is 0.410 e. The number of hydrogen-bond donors (Lipinski definition) is 1. The molecule has 0 saturated heterocycles. The third-order valence-corrected chi connectivity index (χ3v) is 4.99. The van der Waals surface area contributed by atoms with E-state index in [0.29, 0.717) is 24.4 Å². The van der Waals surface area contributed by atoms with Crippen LogP contribution in [0, 0.1) is 0 Å². The van der Waals surface area contributed by atoms with Crippen molar-refractivity contribution in [3.05, 3.63) is 59.2 Å². The molecule has 1 aliphatic carbocycles. The molecule has 0 bridgehead atoms. The molecule has 2 aromatic rings.